The van der Waals surface area contributed by atoms with Crippen LogP contribution in [-0.2, 0) is 9.53 Å². The van der Waals surface area contributed by atoms with Crippen LogP contribution in [0.15, 0.2) is 84.7 Å². The number of para-hydroxylation sites is 1. The zero-order valence-electron chi connectivity index (χ0n) is 20.2. The second-order valence-electron chi connectivity index (χ2n) is 9.11. The molecule has 0 spiro atoms. The summed E-state index contributed by atoms with van der Waals surface area (Å²) < 4.78 is 77.1. The Hall–Kier alpha value is -4.17. The van der Waals surface area contributed by atoms with Crippen molar-refractivity contribution in [2.45, 2.75) is 37.0 Å². The molecule has 2 aromatic carbocycles. The number of alkyl halides is 4. The summed E-state index contributed by atoms with van der Waals surface area (Å²) in [6, 6.07) is 14.6. The average Bonchev–Trinajstić information content (AvgIpc) is 3.31. The van der Waals surface area contributed by atoms with Gasteiger partial charge in [-0.2, -0.15) is 22.7 Å². The number of nitrogens with zero attached hydrogens (tertiary/aromatic N) is 3. The van der Waals surface area contributed by atoms with Gasteiger partial charge in [0.1, 0.15) is 5.82 Å². The fourth-order valence-corrected chi connectivity index (χ4v) is 4.66. The molecule has 0 amide bonds. The van der Waals surface area contributed by atoms with Crippen LogP contribution in [0.25, 0.3) is 11.3 Å². The molecule has 10 heteroatoms. The van der Waals surface area contributed by atoms with E-state index in [1.165, 1.54) is 42.7 Å². The van der Waals surface area contributed by atoms with E-state index < -0.39 is 42.2 Å². The van der Waals surface area contributed by atoms with Crippen LogP contribution in [0.2, 0.25) is 0 Å². The van der Waals surface area contributed by atoms with Crippen LogP contribution in [0.1, 0.15) is 36.4 Å². The van der Waals surface area contributed by atoms with Crippen LogP contribution in [0.3, 0.4) is 0 Å². The molecular formula is C28H22F5N3O2. The van der Waals surface area contributed by atoms with Crippen molar-refractivity contribution in [2.75, 3.05) is 12.0 Å². The van der Waals surface area contributed by atoms with Crippen molar-refractivity contribution in [3.05, 3.63) is 102 Å². The lowest BCUT2D eigenvalue weighted by molar-refractivity contribution is -0.231. The summed E-state index contributed by atoms with van der Waals surface area (Å²) in [5.41, 5.74) is 4.39. The second-order valence-corrected chi connectivity index (χ2v) is 9.11. The van der Waals surface area contributed by atoms with Gasteiger partial charge in [0.05, 0.1) is 48.3 Å². The van der Waals surface area contributed by atoms with E-state index in [0.29, 0.717) is 11.4 Å². The molecule has 1 aliphatic carbocycles. The summed E-state index contributed by atoms with van der Waals surface area (Å²) in [5, 5.41) is 4.30. The Labute approximate surface area is 215 Å². The van der Waals surface area contributed by atoms with E-state index in [1.807, 2.05) is 30.3 Å². The van der Waals surface area contributed by atoms with Crippen LogP contribution in [-0.4, -0.2) is 34.5 Å². The van der Waals surface area contributed by atoms with E-state index in [2.05, 4.69) is 10.8 Å². The molecule has 5 nitrogen and oxygen atoms in total. The number of ether oxygens (including phenoxy) is 1. The lowest BCUT2D eigenvalue weighted by atomic mass is 9.80. The van der Waals surface area contributed by atoms with Gasteiger partial charge in [-0.25, -0.2) is 9.07 Å². The first kappa shape index (κ1) is 25.5. The van der Waals surface area contributed by atoms with Crippen molar-refractivity contribution in [3.8, 4) is 5.69 Å². The Balaban J connectivity index is 1.50. The molecular weight excluding hydrogens is 505 g/mol. The number of carbonyl (C=O) groups excluding carboxylic acids is 1. The summed E-state index contributed by atoms with van der Waals surface area (Å²) in [6.07, 6.45) is 1.96. The third-order valence-corrected chi connectivity index (χ3v) is 6.74. The second kappa shape index (κ2) is 9.61. The minimum absolute atomic E-state index is 0.00526. The quantitative estimate of drug-likeness (QED) is 0.276. The molecule has 5 rings (SSSR count). The van der Waals surface area contributed by atoms with Gasteiger partial charge in [-0.3, -0.25) is 4.79 Å². The molecule has 1 fully saturated rings. The monoisotopic (exact) mass is 527 g/mol. The molecule has 1 unspecified atom stereocenters. The number of ketones is 1. The number of Topliss-reactive ketones (excluding diaryl/α,β-unsaturated/α-hetero) is 1. The van der Waals surface area contributed by atoms with E-state index in [1.54, 1.807) is 10.7 Å². The Kier molecular flexibility index (Phi) is 6.44. The number of methoxy groups -OCH3 is 1. The van der Waals surface area contributed by atoms with Gasteiger partial charge in [-0.15, -0.1) is 0 Å². The lowest BCUT2D eigenvalue weighted by Gasteiger charge is -2.35. The van der Waals surface area contributed by atoms with E-state index in [-0.39, 0.29) is 29.0 Å². The number of allylic oxidation sites excluding steroid dienone is 1. The van der Waals surface area contributed by atoms with Gasteiger partial charge < -0.3 is 9.64 Å². The molecule has 1 atom stereocenters. The van der Waals surface area contributed by atoms with E-state index in [4.69, 9.17) is 4.74 Å². The highest BCUT2D eigenvalue weighted by Gasteiger charge is 2.59. The summed E-state index contributed by atoms with van der Waals surface area (Å²) >= 11 is 0. The number of aromatic nitrogens is 2. The highest BCUT2D eigenvalue weighted by molar-refractivity contribution is 6.27. The Morgan fingerprint density at radius 3 is 2.50 bits per heavy atom. The molecule has 1 aliphatic heterocycles. The fourth-order valence-electron chi connectivity index (χ4n) is 4.66. The van der Waals surface area contributed by atoms with Crippen molar-refractivity contribution < 1.29 is 31.5 Å². The molecule has 1 aromatic heterocycles. The predicted molar refractivity (Wildman–Crippen MR) is 131 cm³/mol. The lowest BCUT2D eigenvalue weighted by Crippen LogP contribution is -2.45. The Bertz CT molecular complexity index is 1470. The minimum atomic E-state index is -4.16. The molecule has 2 aliphatic rings. The number of rotatable bonds is 5. The number of anilines is 1. The van der Waals surface area contributed by atoms with Gasteiger partial charge in [0.15, 0.2) is 5.76 Å². The van der Waals surface area contributed by atoms with Gasteiger partial charge in [0.25, 0.3) is 0 Å². The molecule has 1 saturated carbocycles. The maximum absolute atomic E-state index is 15.3. The van der Waals surface area contributed by atoms with Crippen LogP contribution in [0, 0.1) is 5.82 Å². The molecule has 2 heterocycles. The summed E-state index contributed by atoms with van der Waals surface area (Å²) in [6.45, 7) is 0. The first-order chi connectivity index (χ1) is 18.1. The normalized spacial score (nSPS) is 20.5. The molecule has 38 heavy (non-hydrogen) atoms. The van der Waals surface area contributed by atoms with Crippen molar-refractivity contribution >= 4 is 17.0 Å². The maximum atomic E-state index is 15.3. The highest BCUT2D eigenvalue weighted by atomic mass is 19.3. The van der Waals surface area contributed by atoms with Crippen molar-refractivity contribution in [3.63, 3.8) is 0 Å². The average molecular weight is 527 g/mol. The van der Waals surface area contributed by atoms with Crippen LogP contribution < -0.4 is 4.90 Å². The largest absolute Gasteiger partial charge is 0.491 e. The van der Waals surface area contributed by atoms with Crippen molar-refractivity contribution in [2.24, 2.45) is 0 Å². The SMILES string of the molecule is COC1=CN(c2ccc(C3CCC(F)(F)C(F)(F)C3)cc2F)C=C=C(c2ccnn2-c2ccccc2)C1=O. The zero-order valence-corrected chi connectivity index (χ0v) is 20.2. The number of hydrogen-bond acceptors (Lipinski definition) is 4. The Morgan fingerprint density at radius 2 is 1.82 bits per heavy atom. The first-order valence-electron chi connectivity index (χ1n) is 11.8. The maximum Gasteiger partial charge on any atom is 0.310 e. The zero-order chi connectivity index (χ0) is 27.1. The molecule has 0 saturated heterocycles. The van der Waals surface area contributed by atoms with Gasteiger partial charge in [0.2, 0.25) is 5.78 Å². The van der Waals surface area contributed by atoms with Crippen molar-refractivity contribution in [1.29, 1.82) is 0 Å². The van der Waals surface area contributed by atoms with E-state index >= 15 is 4.39 Å². The van der Waals surface area contributed by atoms with Crippen LogP contribution in [0.5, 0.6) is 0 Å². The van der Waals surface area contributed by atoms with Gasteiger partial charge in [0, 0.05) is 12.8 Å². The standard InChI is InChI=1S/C28H22F5N3O2/c1-38-25-17-35(14-11-21(26(25)37)23-10-13-34-36(23)20-5-3-2-4-6-20)24-8-7-18(15-22(24)29)19-9-12-27(30,31)28(32,33)16-19/h2-8,10,13-15,17,19H,9,12,16H2,1H3. The number of benzene rings is 2. The van der Waals surface area contributed by atoms with Gasteiger partial charge >= 0.3 is 11.8 Å². The molecule has 0 radical (unpaired) electrons. The molecule has 0 bridgehead atoms. The number of hydrogen-bond donors (Lipinski definition) is 0. The predicted octanol–water partition coefficient (Wildman–Crippen LogP) is 6.62. The van der Waals surface area contributed by atoms with Gasteiger partial charge in [-0.05, 0) is 48.2 Å². The number of halogens is 5. The van der Waals surface area contributed by atoms with Crippen LogP contribution in [0.4, 0.5) is 27.6 Å². The van der Waals surface area contributed by atoms with Crippen LogP contribution >= 0.6 is 0 Å². The van der Waals surface area contributed by atoms with E-state index in [0.717, 1.165) is 6.07 Å². The summed E-state index contributed by atoms with van der Waals surface area (Å²) in [4.78, 5) is 14.6. The fraction of sp³-hybridized carbons (Fsp3) is 0.250. The van der Waals surface area contributed by atoms with E-state index in [9.17, 15) is 22.4 Å². The minimum Gasteiger partial charge on any atom is -0.491 e. The first-order valence-corrected chi connectivity index (χ1v) is 11.8. The highest BCUT2D eigenvalue weighted by Crippen LogP contribution is 2.50. The third kappa shape index (κ3) is 4.52. The smallest absolute Gasteiger partial charge is 0.310 e. The number of carbonyl (C=O) groups is 1. The Morgan fingerprint density at radius 1 is 1.05 bits per heavy atom. The molecule has 196 valence electrons. The van der Waals surface area contributed by atoms with Gasteiger partial charge in [-0.1, -0.05) is 30.0 Å². The molecule has 3 aromatic rings. The summed E-state index contributed by atoms with van der Waals surface area (Å²) in [7, 11) is 1.30. The third-order valence-electron chi connectivity index (χ3n) is 6.74. The summed E-state index contributed by atoms with van der Waals surface area (Å²) in [5.74, 6) is -10.5. The molecule has 0 N–H and O–H groups in total. The topological polar surface area (TPSA) is 47.4 Å². The van der Waals surface area contributed by atoms with Crippen molar-refractivity contribution in [1.82, 2.24) is 9.78 Å².